The minimum absolute atomic E-state index is 0.0521. The summed E-state index contributed by atoms with van der Waals surface area (Å²) in [4.78, 5) is 36.6. The van der Waals surface area contributed by atoms with Gasteiger partial charge in [0.05, 0.1) is 31.3 Å². The number of carbonyl (C=O) groups is 2. The van der Waals surface area contributed by atoms with Gasteiger partial charge in [-0.05, 0) is 50.0 Å². The van der Waals surface area contributed by atoms with Crippen LogP contribution in [0.1, 0.15) is 42.1 Å². The molecule has 0 aliphatic carbocycles. The Kier molecular flexibility index (Phi) is 9.48. The van der Waals surface area contributed by atoms with Gasteiger partial charge in [-0.2, -0.15) is 31.4 Å². The number of alkyl halides is 7. The van der Waals surface area contributed by atoms with E-state index >= 15 is 0 Å². The van der Waals surface area contributed by atoms with Gasteiger partial charge in [-0.15, -0.1) is 0 Å². The average Bonchev–Trinajstić information content (AvgIpc) is 3.59. The molecule has 0 saturated carbocycles. The molecule has 19 heteroatoms. The van der Waals surface area contributed by atoms with Crippen molar-refractivity contribution in [1.82, 2.24) is 34.7 Å². The first-order valence-corrected chi connectivity index (χ1v) is 15.0. The van der Waals surface area contributed by atoms with E-state index in [1.165, 1.54) is 30.2 Å². The Labute approximate surface area is 269 Å². The number of methoxy groups -OCH3 is 1. The topological polar surface area (TPSA) is 151 Å². The van der Waals surface area contributed by atoms with E-state index in [4.69, 9.17) is 10.5 Å². The van der Waals surface area contributed by atoms with Crippen LogP contribution in [0.5, 0.6) is 5.88 Å². The van der Waals surface area contributed by atoms with Gasteiger partial charge >= 0.3 is 12.4 Å². The SMILES string of the molecule is CCC(O)(C(=O)N1C[C@H](F)[C@H](NC(=O)c2cc(-c3cc(CN4CCC(C(F)(F)F)CC4)c4c(N)ncnn34)cnc2OC)C1)C(F)(F)F. The Balaban J connectivity index is 1.39. The summed E-state index contributed by atoms with van der Waals surface area (Å²) < 4.78 is 102. The van der Waals surface area contributed by atoms with E-state index in [0.717, 1.165) is 6.92 Å². The molecule has 2 aliphatic heterocycles. The molecule has 3 aromatic heterocycles. The third-order valence-corrected chi connectivity index (χ3v) is 8.88. The summed E-state index contributed by atoms with van der Waals surface area (Å²) in [6, 6.07) is 1.64. The zero-order chi connectivity index (χ0) is 35.2. The molecule has 2 aliphatic rings. The van der Waals surface area contributed by atoms with Crippen LogP contribution in [0.25, 0.3) is 16.8 Å². The molecule has 48 heavy (non-hydrogen) atoms. The number of fused-ring (bicyclic) bond motifs is 1. The fraction of sp³-hybridized carbons (Fsp3) is 0.552. The van der Waals surface area contributed by atoms with E-state index in [9.17, 15) is 45.4 Å². The number of amides is 2. The van der Waals surface area contributed by atoms with Crippen LogP contribution in [0.3, 0.4) is 0 Å². The smallest absolute Gasteiger partial charge is 0.426 e. The fourth-order valence-corrected chi connectivity index (χ4v) is 6.09. The molecule has 1 unspecified atom stereocenters. The number of nitrogens with two attached hydrogens (primary N) is 1. The van der Waals surface area contributed by atoms with Crippen molar-refractivity contribution in [2.24, 2.45) is 5.92 Å². The molecule has 2 fully saturated rings. The van der Waals surface area contributed by atoms with Crippen molar-refractivity contribution in [3.63, 3.8) is 0 Å². The number of likely N-dealkylation sites (tertiary alicyclic amines) is 2. The van der Waals surface area contributed by atoms with Crippen molar-refractivity contribution < 1.29 is 50.2 Å². The molecule has 3 atom stereocenters. The van der Waals surface area contributed by atoms with E-state index in [0.29, 0.717) is 27.2 Å². The van der Waals surface area contributed by atoms with Gasteiger partial charge in [0.15, 0.2) is 5.82 Å². The highest BCUT2D eigenvalue weighted by atomic mass is 19.4. The lowest BCUT2D eigenvalue weighted by molar-refractivity contribution is -0.256. The van der Waals surface area contributed by atoms with Crippen molar-refractivity contribution in [3.05, 3.63) is 35.8 Å². The maximum absolute atomic E-state index is 15.0. The maximum Gasteiger partial charge on any atom is 0.426 e. The fourth-order valence-electron chi connectivity index (χ4n) is 6.09. The molecule has 3 aromatic rings. The molecule has 262 valence electrons. The molecular formula is C29H33F7N8O4. The quantitative estimate of drug-likeness (QED) is 0.303. The minimum Gasteiger partial charge on any atom is -0.480 e. The maximum atomic E-state index is 15.0. The third-order valence-electron chi connectivity index (χ3n) is 8.88. The number of ether oxygens (including phenoxy) is 1. The van der Waals surface area contributed by atoms with Crippen molar-refractivity contribution in [3.8, 4) is 17.1 Å². The lowest BCUT2D eigenvalue weighted by atomic mass is 9.96. The summed E-state index contributed by atoms with van der Waals surface area (Å²) in [5, 5.41) is 16.7. The van der Waals surface area contributed by atoms with Crippen molar-refractivity contribution >= 4 is 23.1 Å². The molecule has 0 bridgehead atoms. The molecule has 5 heterocycles. The number of hydrogen-bond donors (Lipinski definition) is 3. The van der Waals surface area contributed by atoms with Gasteiger partial charge < -0.3 is 25.8 Å². The van der Waals surface area contributed by atoms with E-state index in [1.54, 1.807) is 6.07 Å². The van der Waals surface area contributed by atoms with Crippen LogP contribution in [0.2, 0.25) is 0 Å². The van der Waals surface area contributed by atoms with Crippen LogP contribution in [-0.4, -0.2) is 110 Å². The highest BCUT2D eigenvalue weighted by molar-refractivity contribution is 5.98. The molecule has 4 N–H and O–H groups in total. The number of hydrogen-bond acceptors (Lipinski definition) is 9. The van der Waals surface area contributed by atoms with Gasteiger partial charge in [0.2, 0.25) is 11.5 Å². The first kappa shape index (κ1) is 35.1. The Bertz CT molecular complexity index is 1680. The number of nitrogens with zero attached hydrogens (tertiary/aromatic N) is 6. The number of piperidine rings is 1. The van der Waals surface area contributed by atoms with E-state index in [1.807, 2.05) is 4.90 Å². The molecule has 0 aromatic carbocycles. The monoisotopic (exact) mass is 690 g/mol. The normalized spacial score (nSPS) is 21.0. The largest absolute Gasteiger partial charge is 0.480 e. The van der Waals surface area contributed by atoms with E-state index in [2.05, 4.69) is 20.4 Å². The Morgan fingerprint density at radius 2 is 1.79 bits per heavy atom. The Hall–Kier alpha value is -4.26. The van der Waals surface area contributed by atoms with Gasteiger partial charge in [-0.25, -0.2) is 18.9 Å². The van der Waals surface area contributed by atoms with Crippen LogP contribution < -0.4 is 15.8 Å². The average molecular weight is 691 g/mol. The number of aliphatic hydroxyl groups is 1. The zero-order valence-corrected chi connectivity index (χ0v) is 25.8. The molecule has 2 amide bonds. The standard InChI is InChI=1S/C29H33F7N8O4/c1-3-27(47,29(34,35)36)26(46)43-12-19(30)20(13-43)41-24(45)18-8-15(10-38-25(18)48-2)21-9-16(22-23(37)39-14-40-44(21)22)11-42-6-4-17(5-7-42)28(31,32)33/h8-10,14,17,19-20,47H,3-7,11-13H2,1-2H3,(H,41,45)(H2,37,39,40)/t19-,20+,27?/m0/s1. The Morgan fingerprint density at radius 3 is 2.40 bits per heavy atom. The zero-order valence-electron chi connectivity index (χ0n) is 25.8. The van der Waals surface area contributed by atoms with Crippen molar-refractivity contribution in [2.45, 2.75) is 62.9 Å². The van der Waals surface area contributed by atoms with Gasteiger partial charge in [-0.3, -0.25) is 14.5 Å². The molecule has 5 rings (SSSR count). The lowest BCUT2D eigenvalue weighted by Crippen LogP contribution is -2.57. The molecule has 0 spiro atoms. The second-order valence-electron chi connectivity index (χ2n) is 11.9. The van der Waals surface area contributed by atoms with Gasteiger partial charge in [-0.1, -0.05) is 6.92 Å². The number of halogens is 7. The molecule has 2 saturated heterocycles. The summed E-state index contributed by atoms with van der Waals surface area (Å²) in [6.07, 6.45) is -10.0. The highest BCUT2D eigenvalue weighted by Crippen LogP contribution is 2.37. The van der Waals surface area contributed by atoms with Crippen LogP contribution in [0.15, 0.2) is 24.7 Å². The number of nitrogen functional groups attached to an aromatic ring is 1. The van der Waals surface area contributed by atoms with Gasteiger partial charge in [0.1, 0.15) is 23.6 Å². The van der Waals surface area contributed by atoms with Crippen molar-refractivity contribution in [2.75, 3.05) is 39.0 Å². The second-order valence-corrected chi connectivity index (χ2v) is 11.9. The number of carbonyl (C=O) groups excluding carboxylic acids is 2. The number of anilines is 1. The summed E-state index contributed by atoms with van der Waals surface area (Å²) >= 11 is 0. The van der Waals surface area contributed by atoms with Crippen LogP contribution >= 0.6 is 0 Å². The van der Waals surface area contributed by atoms with E-state index < -0.39 is 67.4 Å². The Morgan fingerprint density at radius 1 is 1.10 bits per heavy atom. The molecule has 0 radical (unpaired) electrons. The van der Waals surface area contributed by atoms with Crippen LogP contribution in [0.4, 0.5) is 36.6 Å². The van der Waals surface area contributed by atoms with Gasteiger partial charge in [0, 0.05) is 24.8 Å². The highest BCUT2D eigenvalue weighted by Gasteiger charge is 2.60. The van der Waals surface area contributed by atoms with Gasteiger partial charge in [0.25, 0.3) is 11.8 Å². The lowest BCUT2D eigenvalue weighted by Gasteiger charge is -2.32. The first-order valence-electron chi connectivity index (χ1n) is 15.0. The predicted molar refractivity (Wildman–Crippen MR) is 155 cm³/mol. The second kappa shape index (κ2) is 13.0. The first-order chi connectivity index (χ1) is 22.5. The summed E-state index contributed by atoms with van der Waals surface area (Å²) in [5.74, 6) is -4.07. The number of rotatable bonds is 8. The number of pyridine rings is 1. The van der Waals surface area contributed by atoms with Crippen LogP contribution in [0, 0.1) is 5.92 Å². The summed E-state index contributed by atoms with van der Waals surface area (Å²) in [6.45, 7) is 0.184. The summed E-state index contributed by atoms with van der Waals surface area (Å²) in [5.41, 5.74) is 3.99. The molecular weight excluding hydrogens is 657 g/mol. The minimum atomic E-state index is -5.30. The van der Waals surface area contributed by atoms with Crippen LogP contribution in [-0.2, 0) is 11.3 Å². The molecule has 12 nitrogen and oxygen atoms in total. The van der Waals surface area contributed by atoms with E-state index in [-0.39, 0.29) is 49.7 Å². The number of aromatic nitrogens is 4. The third kappa shape index (κ3) is 6.56. The number of nitrogens with one attached hydrogen (secondary N) is 1. The van der Waals surface area contributed by atoms with Crippen molar-refractivity contribution in [1.29, 1.82) is 0 Å². The summed E-state index contributed by atoms with van der Waals surface area (Å²) in [7, 11) is 1.23. The predicted octanol–water partition coefficient (Wildman–Crippen LogP) is 3.14.